The Hall–Kier alpha value is -1.62. The zero-order chi connectivity index (χ0) is 14.7. The third kappa shape index (κ3) is 3.35. The maximum absolute atomic E-state index is 12.0. The molecule has 0 aliphatic heterocycles. The second-order valence-electron chi connectivity index (χ2n) is 5.50. The van der Waals surface area contributed by atoms with Crippen LogP contribution >= 0.6 is 15.9 Å². The quantitative estimate of drug-likeness (QED) is 0.640. The zero-order valence-corrected chi connectivity index (χ0v) is 13.3. The fraction of sp³-hybridized carbons (Fsp3) is 0.375. The minimum atomic E-state index is 0.0481. The summed E-state index contributed by atoms with van der Waals surface area (Å²) in [5, 5.41) is 5.19. The van der Waals surface area contributed by atoms with Crippen LogP contribution in [-0.2, 0) is 4.79 Å². The van der Waals surface area contributed by atoms with Crippen molar-refractivity contribution in [3.8, 4) is 0 Å². The first-order valence-corrected chi connectivity index (χ1v) is 8.13. The molecular weight excluding hydrogens is 330 g/mol. The summed E-state index contributed by atoms with van der Waals surface area (Å²) in [6.07, 6.45) is 9.12. The summed E-state index contributed by atoms with van der Waals surface area (Å²) >= 11 is 3.47. The standard InChI is InChI=1S/C16H18BrN3O/c17-13-6-7-15-14(8-13)12(9-18-15)10-19-20-16(21)11-4-2-1-3-5-11/h6-11,18H,1-5H2,(H,20,21)/b19-10+. The summed E-state index contributed by atoms with van der Waals surface area (Å²) in [7, 11) is 0. The zero-order valence-electron chi connectivity index (χ0n) is 11.7. The van der Waals surface area contributed by atoms with E-state index in [1.807, 2.05) is 24.4 Å². The van der Waals surface area contributed by atoms with E-state index in [1.165, 1.54) is 6.42 Å². The lowest BCUT2D eigenvalue weighted by Crippen LogP contribution is -2.28. The molecule has 1 fully saturated rings. The van der Waals surface area contributed by atoms with E-state index in [2.05, 4.69) is 31.4 Å². The minimum absolute atomic E-state index is 0.0481. The van der Waals surface area contributed by atoms with E-state index in [0.29, 0.717) is 0 Å². The molecule has 5 heteroatoms. The molecule has 21 heavy (non-hydrogen) atoms. The number of fused-ring (bicyclic) bond motifs is 1. The van der Waals surface area contributed by atoms with E-state index in [9.17, 15) is 4.79 Å². The normalized spacial score (nSPS) is 16.6. The van der Waals surface area contributed by atoms with Crippen molar-refractivity contribution in [1.29, 1.82) is 0 Å². The molecule has 110 valence electrons. The first-order chi connectivity index (χ1) is 10.2. The van der Waals surface area contributed by atoms with Crippen LogP contribution in [0.25, 0.3) is 10.9 Å². The molecule has 0 unspecified atom stereocenters. The molecule has 2 aromatic rings. The maximum Gasteiger partial charge on any atom is 0.243 e. The van der Waals surface area contributed by atoms with Gasteiger partial charge in [0.25, 0.3) is 0 Å². The Morgan fingerprint density at radius 3 is 2.95 bits per heavy atom. The average molecular weight is 348 g/mol. The number of hydrazone groups is 1. The second-order valence-corrected chi connectivity index (χ2v) is 6.42. The Morgan fingerprint density at radius 2 is 2.14 bits per heavy atom. The number of amides is 1. The Bertz CT molecular complexity index is 671. The molecule has 0 spiro atoms. The third-order valence-corrected chi connectivity index (χ3v) is 4.52. The fourth-order valence-electron chi connectivity index (χ4n) is 2.84. The molecule has 0 bridgehead atoms. The van der Waals surface area contributed by atoms with Gasteiger partial charge in [-0.3, -0.25) is 4.79 Å². The van der Waals surface area contributed by atoms with Crippen molar-refractivity contribution in [3.05, 3.63) is 34.4 Å². The van der Waals surface area contributed by atoms with Crippen molar-refractivity contribution in [2.45, 2.75) is 32.1 Å². The van der Waals surface area contributed by atoms with Gasteiger partial charge < -0.3 is 4.98 Å². The topological polar surface area (TPSA) is 57.2 Å². The van der Waals surface area contributed by atoms with Gasteiger partial charge in [0.15, 0.2) is 0 Å². The van der Waals surface area contributed by atoms with E-state index < -0.39 is 0 Å². The second kappa shape index (κ2) is 6.43. The van der Waals surface area contributed by atoms with Gasteiger partial charge in [-0.1, -0.05) is 35.2 Å². The van der Waals surface area contributed by atoms with Gasteiger partial charge in [-0.25, -0.2) is 5.43 Å². The van der Waals surface area contributed by atoms with Crippen LogP contribution in [0.5, 0.6) is 0 Å². The molecule has 2 N–H and O–H groups in total. The van der Waals surface area contributed by atoms with E-state index in [1.54, 1.807) is 6.21 Å². The van der Waals surface area contributed by atoms with Gasteiger partial charge >= 0.3 is 0 Å². The van der Waals surface area contributed by atoms with Crippen molar-refractivity contribution in [2.24, 2.45) is 11.0 Å². The number of H-pyrrole nitrogens is 1. The summed E-state index contributed by atoms with van der Waals surface area (Å²) in [4.78, 5) is 15.2. The largest absolute Gasteiger partial charge is 0.361 e. The molecule has 1 aliphatic carbocycles. The Balaban J connectivity index is 1.67. The number of benzene rings is 1. The van der Waals surface area contributed by atoms with E-state index in [0.717, 1.165) is 46.6 Å². The van der Waals surface area contributed by atoms with Crippen LogP contribution in [-0.4, -0.2) is 17.1 Å². The Labute approximate surface area is 132 Å². The summed E-state index contributed by atoms with van der Waals surface area (Å²) in [6.45, 7) is 0. The molecule has 1 aromatic carbocycles. The van der Waals surface area contributed by atoms with E-state index in [4.69, 9.17) is 0 Å². The predicted molar refractivity (Wildman–Crippen MR) is 88.3 cm³/mol. The monoisotopic (exact) mass is 347 g/mol. The maximum atomic E-state index is 12.0. The van der Waals surface area contributed by atoms with Crippen LogP contribution in [0, 0.1) is 5.92 Å². The highest BCUT2D eigenvalue weighted by Crippen LogP contribution is 2.24. The third-order valence-electron chi connectivity index (χ3n) is 4.03. The number of rotatable bonds is 3. The van der Waals surface area contributed by atoms with Gasteiger partial charge in [-0.05, 0) is 31.0 Å². The smallest absolute Gasteiger partial charge is 0.243 e. The molecule has 0 atom stereocenters. The molecule has 1 amide bonds. The Morgan fingerprint density at radius 1 is 1.33 bits per heavy atom. The van der Waals surface area contributed by atoms with Gasteiger partial charge in [0, 0.05) is 33.1 Å². The number of hydrogen-bond acceptors (Lipinski definition) is 2. The van der Waals surface area contributed by atoms with Crippen LogP contribution in [0.3, 0.4) is 0 Å². The van der Waals surface area contributed by atoms with Gasteiger partial charge in [0.05, 0.1) is 6.21 Å². The van der Waals surface area contributed by atoms with Crippen LogP contribution in [0.2, 0.25) is 0 Å². The lowest BCUT2D eigenvalue weighted by atomic mass is 9.89. The van der Waals surface area contributed by atoms with E-state index in [-0.39, 0.29) is 11.8 Å². The van der Waals surface area contributed by atoms with Crippen molar-refractivity contribution in [1.82, 2.24) is 10.4 Å². The number of carbonyl (C=O) groups is 1. The molecule has 0 saturated heterocycles. The number of carbonyl (C=O) groups excluding carboxylic acids is 1. The molecule has 1 saturated carbocycles. The summed E-state index contributed by atoms with van der Waals surface area (Å²) in [6, 6.07) is 6.04. The van der Waals surface area contributed by atoms with Gasteiger partial charge in [0.2, 0.25) is 5.91 Å². The first kappa shape index (κ1) is 14.3. The summed E-state index contributed by atoms with van der Waals surface area (Å²) in [5.74, 6) is 0.181. The van der Waals surface area contributed by atoms with Crippen molar-refractivity contribution < 1.29 is 4.79 Å². The van der Waals surface area contributed by atoms with Crippen molar-refractivity contribution >= 4 is 39.0 Å². The molecule has 3 rings (SSSR count). The predicted octanol–water partition coefficient (Wildman–Crippen LogP) is 3.96. The highest BCUT2D eigenvalue weighted by molar-refractivity contribution is 9.10. The summed E-state index contributed by atoms with van der Waals surface area (Å²) in [5.41, 5.74) is 4.70. The van der Waals surface area contributed by atoms with Crippen LogP contribution in [0.4, 0.5) is 0 Å². The SMILES string of the molecule is O=C(N/N=C/c1c[nH]c2ccc(Br)cc12)C1CCCCC1. The van der Waals surface area contributed by atoms with Gasteiger partial charge in [-0.2, -0.15) is 5.10 Å². The van der Waals surface area contributed by atoms with Crippen LogP contribution < -0.4 is 5.43 Å². The average Bonchev–Trinajstić information content (AvgIpc) is 2.90. The molecule has 0 radical (unpaired) electrons. The first-order valence-electron chi connectivity index (χ1n) is 7.33. The summed E-state index contributed by atoms with van der Waals surface area (Å²) < 4.78 is 1.02. The van der Waals surface area contributed by atoms with E-state index >= 15 is 0 Å². The molecule has 1 aromatic heterocycles. The number of halogens is 1. The number of hydrogen-bond donors (Lipinski definition) is 2. The number of nitrogens with one attached hydrogen (secondary N) is 2. The lowest BCUT2D eigenvalue weighted by Gasteiger charge is -2.19. The molecule has 1 aliphatic rings. The highest BCUT2D eigenvalue weighted by atomic mass is 79.9. The number of aromatic amines is 1. The lowest BCUT2D eigenvalue weighted by molar-refractivity contribution is -0.125. The van der Waals surface area contributed by atoms with Crippen LogP contribution in [0.1, 0.15) is 37.7 Å². The number of nitrogens with zero attached hydrogens (tertiary/aromatic N) is 1. The molecular formula is C16H18BrN3O. The van der Waals surface area contributed by atoms with Gasteiger partial charge in [-0.15, -0.1) is 0 Å². The fourth-order valence-corrected chi connectivity index (χ4v) is 3.20. The minimum Gasteiger partial charge on any atom is -0.361 e. The molecule has 4 nitrogen and oxygen atoms in total. The van der Waals surface area contributed by atoms with Gasteiger partial charge in [0.1, 0.15) is 0 Å². The Kier molecular flexibility index (Phi) is 4.39. The molecule has 1 heterocycles. The number of aromatic nitrogens is 1. The van der Waals surface area contributed by atoms with Crippen LogP contribution in [0.15, 0.2) is 34.0 Å². The highest BCUT2D eigenvalue weighted by Gasteiger charge is 2.20. The van der Waals surface area contributed by atoms with Crippen molar-refractivity contribution in [2.75, 3.05) is 0 Å². The van der Waals surface area contributed by atoms with Crippen molar-refractivity contribution in [3.63, 3.8) is 0 Å².